The molecule has 70 valence electrons. The quantitative estimate of drug-likeness (QED) is 0.766. The molecule has 0 fully saturated rings. The van der Waals surface area contributed by atoms with Crippen molar-refractivity contribution < 1.29 is 1.43 Å². The van der Waals surface area contributed by atoms with E-state index in [1.165, 1.54) is 5.56 Å². The monoisotopic (exact) mass is 177 g/mol. The third-order valence-electron chi connectivity index (χ3n) is 2.50. The van der Waals surface area contributed by atoms with Gasteiger partial charge in [-0.05, 0) is 24.0 Å². The smallest absolute Gasteiger partial charge is 0.177 e. The molecule has 0 saturated heterocycles. The molecule has 3 nitrogen and oxygen atoms in total. The predicted octanol–water partition coefficient (Wildman–Crippen LogP) is 2.72. The Balaban J connectivity index is 0.000000980. The third kappa shape index (κ3) is 1.30. The summed E-state index contributed by atoms with van der Waals surface area (Å²) in [6, 6.07) is 2.06. The molecule has 1 atom stereocenters. The van der Waals surface area contributed by atoms with Crippen LogP contribution in [0.2, 0.25) is 0 Å². The van der Waals surface area contributed by atoms with E-state index < -0.39 is 0 Å². The van der Waals surface area contributed by atoms with Crippen LogP contribution in [0.1, 0.15) is 33.2 Å². The summed E-state index contributed by atoms with van der Waals surface area (Å²) < 4.78 is 0. The van der Waals surface area contributed by atoms with Crippen LogP contribution >= 0.6 is 0 Å². The average molecular weight is 177 g/mol. The summed E-state index contributed by atoms with van der Waals surface area (Å²) >= 11 is 0. The summed E-state index contributed by atoms with van der Waals surface area (Å²) in [5.41, 5.74) is 3.21. The second-order valence-electron chi connectivity index (χ2n) is 3.31. The van der Waals surface area contributed by atoms with Crippen molar-refractivity contribution in [1.29, 1.82) is 0 Å². The van der Waals surface area contributed by atoms with Gasteiger partial charge in [-0.3, -0.25) is 0 Å². The Bertz CT molecular complexity index is 410. The van der Waals surface area contributed by atoms with Crippen molar-refractivity contribution in [2.75, 3.05) is 0 Å². The van der Waals surface area contributed by atoms with Crippen molar-refractivity contribution in [2.45, 2.75) is 26.2 Å². The van der Waals surface area contributed by atoms with E-state index in [0.29, 0.717) is 5.92 Å². The normalized spacial score (nSPS) is 13.4. The number of imidazole rings is 1. The summed E-state index contributed by atoms with van der Waals surface area (Å²) in [4.78, 5) is 11.4. The lowest BCUT2D eigenvalue weighted by Gasteiger charge is -2.08. The van der Waals surface area contributed by atoms with Crippen LogP contribution in [-0.2, 0) is 0 Å². The Hall–Kier alpha value is -1.38. The highest BCUT2D eigenvalue weighted by Gasteiger charge is 2.08. The Morgan fingerprint density at radius 2 is 2.38 bits per heavy atom. The molecule has 1 unspecified atom stereocenters. The molecule has 2 aromatic heterocycles. The van der Waals surface area contributed by atoms with Gasteiger partial charge in [0.2, 0.25) is 0 Å². The molecule has 1 N–H and O–H groups in total. The SMILES string of the molecule is CCC(C)c1ccnc2nc[nH]c12.[HH]. The first-order valence-electron chi connectivity index (χ1n) is 4.61. The van der Waals surface area contributed by atoms with Crippen LogP contribution in [0.3, 0.4) is 0 Å². The maximum Gasteiger partial charge on any atom is 0.177 e. The van der Waals surface area contributed by atoms with Crippen molar-refractivity contribution in [3.63, 3.8) is 0 Å². The van der Waals surface area contributed by atoms with E-state index in [0.717, 1.165) is 17.6 Å². The molecule has 0 radical (unpaired) electrons. The fourth-order valence-corrected chi connectivity index (χ4v) is 1.50. The highest BCUT2D eigenvalue weighted by molar-refractivity contribution is 5.74. The Morgan fingerprint density at radius 3 is 3.15 bits per heavy atom. The first kappa shape index (κ1) is 8.23. The first-order valence-corrected chi connectivity index (χ1v) is 4.61. The van der Waals surface area contributed by atoms with Crippen molar-refractivity contribution in [3.05, 3.63) is 24.2 Å². The van der Waals surface area contributed by atoms with E-state index in [9.17, 15) is 0 Å². The van der Waals surface area contributed by atoms with Crippen LogP contribution in [0.15, 0.2) is 18.6 Å². The second-order valence-corrected chi connectivity index (χ2v) is 3.31. The predicted molar refractivity (Wildman–Crippen MR) is 54.7 cm³/mol. The summed E-state index contributed by atoms with van der Waals surface area (Å²) in [6.07, 6.45) is 4.66. The fourth-order valence-electron chi connectivity index (χ4n) is 1.50. The Labute approximate surface area is 78.7 Å². The molecule has 0 saturated carbocycles. The highest BCUT2D eigenvalue weighted by Crippen LogP contribution is 2.23. The summed E-state index contributed by atoms with van der Waals surface area (Å²) in [6.45, 7) is 4.41. The van der Waals surface area contributed by atoms with Gasteiger partial charge in [0.15, 0.2) is 5.65 Å². The summed E-state index contributed by atoms with van der Waals surface area (Å²) in [5, 5.41) is 0. The zero-order chi connectivity index (χ0) is 9.26. The van der Waals surface area contributed by atoms with Crippen LogP contribution in [0, 0.1) is 0 Å². The minimum absolute atomic E-state index is 0. The number of nitrogens with zero attached hydrogens (tertiary/aromatic N) is 2. The van der Waals surface area contributed by atoms with Crippen LogP contribution in [0.25, 0.3) is 11.2 Å². The van der Waals surface area contributed by atoms with Crippen molar-refractivity contribution in [1.82, 2.24) is 15.0 Å². The molecule has 0 amide bonds. The molecule has 0 aliphatic heterocycles. The Kier molecular flexibility index (Phi) is 2.00. The van der Waals surface area contributed by atoms with Crippen LogP contribution < -0.4 is 0 Å². The number of nitrogens with one attached hydrogen (secondary N) is 1. The number of rotatable bonds is 2. The van der Waals surface area contributed by atoms with Gasteiger partial charge in [0.05, 0.1) is 11.8 Å². The second kappa shape index (κ2) is 3.17. The van der Waals surface area contributed by atoms with Gasteiger partial charge in [0.1, 0.15) is 0 Å². The number of aromatic amines is 1. The summed E-state index contributed by atoms with van der Waals surface area (Å²) in [7, 11) is 0. The van der Waals surface area contributed by atoms with Crippen molar-refractivity contribution in [2.24, 2.45) is 0 Å². The van der Waals surface area contributed by atoms with Gasteiger partial charge in [-0.15, -0.1) is 0 Å². The number of H-pyrrole nitrogens is 1. The van der Waals surface area contributed by atoms with Gasteiger partial charge in [-0.1, -0.05) is 13.8 Å². The number of hydrogen-bond donors (Lipinski definition) is 1. The van der Waals surface area contributed by atoms with Crippen LogP contribution in [-0.4, -0.2) is 15.0 Å². The molecule has 2 heterocycles. The van der Waals surface area contributed by atoms with E-state index in [2.05, 4.69) is 34.9 Å². The molecule has 0 aliphatic carbocycles. The molecule has 0 aromatic carbocycles. The van der Waals surface area contributed by atoms with Crippen molar-refractivity contribution in [3.8, 4) is 0 Å². The van der Waals surface area contributed by atoms with Crippen molar-refractivity contribution >= 4 is 11.2 Å². The van der Waals surface area contributed by atoms with Crippen LogP contribution in [0.5, 0.6) is 0 Å². The van der Waals surface area contributed by atoms with E-state index in [4.69, 9.17) is 0 Å². The van der Waals surface area contributed by atoms with Gasteiger partial charge in [-0.2, -0.15) is 0 Å². The van der Waals surface area contributed by atoms with Gasteiger partial charge in [0.25, 0.3) is 0 Å². The highest BCUT2D eigenvalue weighted by atomic mass is 14.9. The lowest BCUT2D eigenvalue weighted by atomic mass is 9.99. The van der Waals surface area contributed by atoms with E-state index in [1.54, 1.807) is 6.33 Å². The number of pyridine rings is 1. The van der Waals surface area contributed by atoms with Gasteiger partial charge in [0, 0.05) is 7.62 Å². The Morgan fingerprint density at radius 1 is 1.54 bits per heavy atom. The largest absolute Gasteiger partial charge is 0.343 e. The molecule has 13 heavy (non-hydrogen) atoms. The lowest BCUT2D eigenvalue weighted by Crippen LogP contribution is -1.93. The van der Waals surface area contributed by atoms with E-state index in [-0.39, 0.29) is 1.43 Å². The number of fused-ring (bicyclic) bond motifs is 1. The lowest BCUT2D eigenvalue weighted by molar-refractivity contribution is 0.737. The zero-order valence-electron chi connectivity index (χ0n) is 7.91. The van der Waals surface area contributed by atoms with Gasteiger partial charge < -0.3 is 4.98 Å². The molecule has 0 bridgehead atoms. The molecular weight excluding hydrogens is 162 g/mol. The minimum Gasteiger partial charge on any atom is -0.343 e. The molecule has 2 aromatic rings. The van der Waals surface area contributed by atoms with Gasteiger partial charge >= 0.3 is 0 Å². The maximum atomic E-state index is 4.18. The standard InChI is InChI=1S/C10H13N3.H2/c1-3-7(2)8-4-5-11-10-9(8)12-6-13-10;/h4-7H,3H2,1-2H3,(H,11,12,13);1H. The molecular formula is C10H15N3. The number of aromatic nitrogens is 3. The van der Waals surface area contributed by atoms with E-state index >= 15 is 0 Å². The number of hydrogen-bond acceptors (Lipinski definition) is 2. The third-order valence-corrected chi connectivity index (χ3v) is 2.50. The topological polar surface area (TPSA) is 41.6 Å². The van der Waals surface area contributed by atoms with E-state index in [1.807, 2.05) is 6.20 Å². The van der Waals surface area contributed by atoms with Gasteiger partial charge in [-0.25, -0.2) is 9.97 Å². The van der Waals surface area contributed by atoms with Crippen LogP contribution in [0.4, 0.5) is 0 Å². The molecule has 3 heteroatoms. The maximum absolute atomic E-state index is 4.18. The first-order chi connectivity index (χ1) is 6.33. The molecule has 0 spiro atoms. The zero-order valence-corrected chi connectivity index (χ0v) is 7.91. The molecule has 0 aliphatic rings. The fraction of sp³-hybridized carbons (Fsp3) is 0.400. The summed E-state index contributed by atoms with van der Waals surface area (Å²) in [5.74, 6) is 0.561. The average Bonchev–Trinajstić information content (AvgIpc) is 2.63. The molecule has 2 rings (SSSR count). The minimum atomic E-state index is 0.